The molecular weight excluding hydrogens is 330 g/mol. The molecule has 3 aromatic heterocycles. The number of halogens is 3. The van der Waals surface area contributed by atoms with Gasteiger partial charge in [-0.1, -0.05) is 11.6 Å². The number of aromatic amines is 2. The van der Waals surface area contributed by atoms with E-state index in [1.54, 1.807) is 0 Å². The zero-order valence-electron chi connectivity index (χ0n) is 11.7. The van der Waals surface area contributed by atoms with Crippen LogP contribution < -0.4 is 10.6 Å². The van der Waals surface area contributed by atoms with Crippen molar-refractivity contribution in [3.8, 4) is 0 Å². The van der Waals surface area contributed by atoms with Gasteiger partial charge in [0.25, 0.3) is 0 Å². The lowest BCUT2D eigenvalue weighted by atomic mass is 10.1. The summed E-state index contributed by atoms with van der Waals surface area (Å²) in [6, 6.07) is 1.84. The fourth-order valence-corrected chi connectivity index (χ4v) is 3.06. The van der Waals surface area contributed by atoms with Gasteiger partial charge in [-0.25, -0.2) is 14.5 Å². The topological polar surface area (TPSA) is 82.6 Å². The van der Waals surface area contributed by atoms with Gasteiger partial charge >= 0.3 is 12.2 Å². The Morgan fingerprint density at radius 2 is 2.17 bits per heavy atom. The van der Waals surface area contributed by atoms with Crippen LogP contribution in [0, 0.1) is 0 Å². The quantitative estimate of drug-likeness (QED) is 0.748. The number of pyridine rings is 1. The van der Waals surface area contributed by atoms with Crippen molar-refractivity contribution in [2.45, 2.75) is 19.5 Å². The summed E-state index contributed by atoms with van der Waals surface area (Å²) in [5, 5.41) is 3.66. The predicted octanol–water partition coefficient (Wildman–Crippen LogP) is 2.06. The maximum atomic E-state index is 12.7. The van der Waals surface area contributed by atoms with Gasteiger partial charge in [0.1, 0.15) is 0 Å². The van der Waals surface area contributed by atoms with Crippen molar-refractivity contribution in [3.05, 3.63) is 39.2 Å². The summed E-state index contributed by atoms with van der Waals surface area (Å²) in [4.78, 5) is 22.9. The lowest BCUT2D eigenvalue weighted by Crippen LogP contribution is -2.31. The molecule has 0 spiro atoms. The number of aromatic nitrogens is 5. The second-order valence-electron chi connectivity index (χ2n) is 5.30. The summed E-state index contributed by atoms with van der Waals surface area (Å²) >= 11 is 5.97. The summed E-state index contributed by atoms with van der Waals surface area (Å²) < 4.78 is 26.0. The van der Waals surface area contributed by atoms with Gasteiger partial charge in [0.15, 0.2) is 10.8 Å². The Balaban J connectivity index is 1.70. The van der Waals surface area contributed by atoms with Crippen LogP contribution in [-0.4, -0.2) is 31.3 Å². The Kier molecular flexibility index (Phi) is 3.12. The summed E-state index contributed by atoms with van der Waals surface area (Å²) in [6.45, 7) is -1.70. The lowest BCUT2D eigenvalue weighted by molar-refractivity contribution is 0.0567. The SMILES string of the molecule is O=c1[nH]c2cc3c(nc2[nH]1)CCN(c1cn(C(F)F)nc1Cl)C3. The highest BCUT2D eigenvalue weighted by Gasteiger charge is 2.23. The van der Waals surface area contributed by atoms with Crippen LogP contribution in [0.4, 0.5) is 14.5 Å². The molecule has 10 heteroatoms. The lowest BCUT2D eigenvalue weighted by Gasteiger charge is -2.29. The van der Waals surface area contributed by atoms with E-state index >= 15 is 0 Å². The number of hydrogen-bond donors (Lipinski definition) is 2. The van der Waals surface area contributed by atoms with E-state index in [9.17, 15) is 13.6 Å². The minimum absolute atomic E-state index is 0.0397. The first-order chi connectivity index (χ1) is 11.0. The highest BCUT2D eigenvalue weighted by atomic mass is 35.5. The van der Waals surface area contributed by atoms with Gasteiger partial charge in [-0.2, -0.15) is 13.9 Å². The van der Waals surface area contributed by atoms with Crippen molar-refractivity contribution in [1.29, 1.82) is 0 Å². The zero-order valence-corrected chi connectivity index (χ0v) is 12.4. The highest BCUT2D eigenvalue weighted by molar-refractivity contribution is 6.32. The summed E-state index contributed by atoms with van der Waals surface area (Å²) in [5.74, 6) is 0. The molecule has 0 bridgehead atoms. The molecule has 0 saturated heterocycles. The molecule has 1 aliphatic heterocycles. The van der Waals surface area contributed by atoms with Gasteiger partial charge in [0.05, 0.1) is 17.4 Å². The molecule has 23 heavy (non-hydrogen) atoms. The highest BCUT2D eigenvalue weighted by Crippen LogP contribution is 2.31. The van der Waals surface area contributed by atoms with Crippen molar-refractivity contribution in [2.75, 3.05) is 11.4 Å². The van der Waals surface area contributed by atoms with Gasteiger partial charge in [-0.15, -0.1) is 0 Å². The minimum atomic E-state index is -2.73. The molecule has 0 aromatic carbocycles. The van der Waals surface area contributed by atoms with Gasteiger partial charge < -0.3 is 9.88 Å². The van der Waals surface area contributed by atoms with E-state index < -0.39 is 6.55 Å². The second kappa shape index (κ2) is 5.05. The third kappa shape index (κ3) is 2.37. The van der Waals surface area contributed by atoms with E-state index in [0.29, 0.717) is 41.0 Å². The minimum Gasteiger partial charge on any atom is -0.363 e. The molecule has 2 N–H and O–H groups in total. The molecule has 0 unspecified atom stereocenters. The Labute approximate surface area is 132 Å². The standard InChI is InChI=1S/C13H11ClF2N6O/c14-10-9(5-22(20-10)12(15)16)21-2-1-7-6(4-21)3-8-11(17-7)19-13(23)18-8/h3,5,12H,1-2,4H2,(H2,17,18,19,23). The maximum absolute atomic E-state index is 12.7. The third-order valence-corrected chi connectivity index (χ3v) is 4.13. The van der Waals surface area contributed by atoms with Gasteiger partial charge in [0.2, 0.25) is 0 Å². The monoisotopic (exact) mass is 340 g/mol. The first-order valence-electron chi connectivity index (χ1n) is 6.90. The number of rotatable bonds is 2. The van der Waals surface area contributed by atoms with Crippen LogP contribution in [0.2, 0.25) is 5.15 Å². The van der Waals surface area contributed by atoms with Crippen molar-refractivity contribution in [3.63, 3.8) is 0 Å². The second-order valence-corrected chi connectivity index (χ2v) is 5.66. The van der Waals surface area contributed by atoms with Crippen molar-refractivity contribution >= 4 is 28.5 Å². The van der Waals surface area contributed by atoms with Gasteiger partial charge in [0, 0.05) is 25.2 Å². The van der Waals surface area contributed by atoms with Gasteiger partial charge in [-0.05, 0) is 11.6 Å². The smallest absolute Gasteiger partial charge is 0.333 e. The molecule has 4 heterocycles. The Morgan fingerprint density at radius 1 is 1.35 bits per heavy atom. The van der Waals surface area contributed by atoms with Crippen LogP contribution >= 0.6 is 11.6 Å². The average Bonchev–Trinajstić information content (AvgIpc) is 3.05. The number of nitrogens with zero attached hydrogens (tertiary/aromatic N) is 4. The van der Waals surface area contributed by atoms with E-state index in [4.69, 9.17) is 11.6 Å². The van der Waals surface area contributed by atoms with Crippen molar-refractivity contribution < 1.29 is 8.78 Å². The van der Waals surface area contributed by atoms with Gasteiger partial charge in [-0.3, -0.25) is 4.98 Å². The van der Waals surface area contributed by atoms with Crippen LogP contribution in [-0.2, 0) is 13.0 Å². The first kappa shape index (κ1) is 14.2. The Morgan fingerprint density at radius 3 is 2.91 bits per heavy atom. The molecule has 4 rings (SSSR count). The normalized spacial score (nSPS) is 14.7. The number of anilines is 1. The summed E-state index contributed by atoms with van der Waals surface area (Å²) in [5.41, 5.74) is 3.07. The molecule has 0 radical (unpaired) electrons. The van der Waals surface area contributed by atoms with Crippen LogP contribution in [0.15, 0.2) is 17.1 Å². The molecule has 3 aromatic rings. The van der Waals surface area contributed by atoms with E-state index in [1.165, 1.54) is 6.20 Å². The predicted molar refractivity (Wildman–Crippen MR) is 80.0 cm³/mol. The van der Waals surface area contributed by atoms with E-state index in [0.717, 1.165) is 11.3 Å². The van der Waals surface area contributed by atoms with Crippen LogP contribution in [0.5, 0.6) is 0 Å². The molecule has 7 nitrogen and oxygen atoms in total. The molecule has 0 saturated carbocycles. The molecule has 120 valence electrons. The van der Waals surface area contributed by atoms with Crippen LogP contribution in [0.3, 0.4) is 0 Å². The number of nitrogens with one attached hydrogen (secondary N) is 2. The van der Waals surface area contributed by atoms with E-state index in [2.05, 4.69) is 20.1 Å². The molecule has 1 aliphatic rings. The van der Waals surface area contributed by atoms with E-state index in [1.807, 2.05) is 11.0 Å². The number of fused-ring (bicyclic) bond motifs is 2. The first-order valence-corrected chi connectivity index (χ1v) is 7.27. The van der Waals surface area contributed by atoms with Crippen molar-refractivity contribution in [1.82, 2.24) is 24.7 Å². The summed E-state index contributed by atoms with van der Waals surface area (Å²) in [6.07, 6.45) is 1.86. The van der Waals surface area contributed by atoms with Crippen molar-refractivity contribution in [2.24, 2.45) is 0 Å². The zero-order chi connectivity index (χ0) is 16.1. The van der Waals surface area contributed by atoms with Crippen LogP contribution in [0.1, 0.15) is 17.8 Å². The number of imidazole rings is 1. The van der Waals surface area contributed by atoms with Crippen LogP contribution in [0.25, 0.3) is 11.2 Å². The fourth-order valence-electron chi connectivity index (χ4n) is 2.80. The maximum Gasteiger partial charge on any atom is 0.333 e. The Bertz CT molecular complexity index is 946. The number of hydrogen-bond acceptors (Lipinski definition) is 4. The third-order valence-electron chi connectivity index (χ3n) is 3.86. The van der Waals surface area contributed by atoms with E-state index in [-0.39, 0.29) is 10.8 Å². The average molecular weight is 341 g/mol. The fraction of sp³-hybridized carbons (Fsp3) is 0.308. The number of H-pyrrole nitrogens is 2. The molecular formula is C13H11ClF2N6O. The largest absolute Gasteiger partial charge is 0.363 e. The molecule has 0 atom stereocenters. The molecule has 0 aliphatic carbocycles. The number of alkyl halides is 2. The molecule has 0 amide bonds. The Hall–Kier alpha value is -2.42. The molecule has 0 fully saturated rings. The summed E-state index contributed by atoms with van der Waals surface area (Å²) in [7, 11) is 0.